The number of hydrogen-bond donors (Lipinski definition) is 2. The highest BCUT2D eigenvalue weighted by Gasteiger charge is 2.23. The predicted molar refractivity (Wildman–Crippen MR) is 131 cm³/mol. The summed E-state index contributed by atoms with van der Waals surface area (Å²) in [5.74, 6) is 1.74. The Labute approximate surface area is 194 Å². The number of morpholine rings is 1. The van der Waals surface area contributed by atoms with E-state index >= 15 is 0 Å². The summed E-state index contributed by atoms with van der Waals surface area (Å²) in [5.41, 5.74) is 0. The van der Waals surface area contributed by atoms with Crippen molar-refractivity contribution in [3.63, 3.8) is 0 Å². The number of guanidine groups is 1. The Morgan fingerprint density at radius 2 is 1.97 bits per heavy atom. The quantitative estimate of drug-likeness (QED) is 0.226. The molecule has 1 aliphatic heterocycles. The number of nitrogens with one attached hydrogen (secondary N) is 2. The van der Waals surface area contributed by atoms with Gasteiger partial charge in [-0.25, -0.2) is 0 Å². The van der Waals surface area contributed by atoms with Crippen LogP contribution in [0.2, 0.25) is 0 Å². The summed E-state index contributed by atoms with van der Waals surface area (Å²) < 4.78 is 11.2. The molecule has 1 aromatic carbocycles. The van der Waals surface area contributed by atoms with Crippen LogP contribution in [-0.2, 0) is 4.74 Å². The zero-order valence-corrected chi connectivity index (χ0v) is 20.0. The monoisotopic (exact) mass is 530 g/mol. The standard InChI is InChI=1S/C21H30N4O2S.HI/c1-22-21(23-10-6-13-27-18-7-3-2-4-8-18)24-17-19(20-9-5-16-28-20)25-11-14-26-15-12-25;/h2-5,7-9,16,19H,6,10-15,17H2,1H3,(H2,22,23,24);1H. The van der Waals surface area contributed by atoms with Crippen LogP contribution in [-0.4, -0.2) is 63.9 Å². The van der Waals surface area contributed by atoms with Crippen LogP contribution in [0.5, 0.6) is 5.75 Å². The van der Waals surface area contributed by atoms with Crippen LogP contribution in [0.15, 0.2) is 52.8 Å². The Bertz CT molecular complexity index is 694. The number of ether oxygens (including phenoxy) is 2. The van der Waals surface area contributed by atoms with Crippen molar-refractivity contribution >= 4 is 41.3 Å². The summed E-state index contributed by atoms with van der Waals surface area (Å²) in [6.07, 6.45) is 0.910. The molecule has 8 heteroatoms. The van der Waals surface area contributed by atoms with E-state index in [1.807, 2.05) is 48.7 Å². The smallest absolute Gasteiger partial charge is 0.191 e. The summed E-state index contributed by atoms with van der Waals surface area (Å²) >= 11 is 1.81. The Morgan fingerprint density at radius 1 is 1.17 bits per heavy atom. The fourth-order valence-electron chi connectivity index (χ4n) is 3.18. The molecule has 3 rings (SSSR count). The first-order valence-corrected chi connectivity index (χ1v) is 10.7. The molecule has 1 aliphatic rings. The lowest BCUT2D eigenvalue weighted by atomic mass is 10.2. The summed E-state index contributed by atoms with van der Waals surface area (Å²) in [7, 11) is 1.81. The molecule has 0 radical (unpaired) electrons. The van der Waals surface area contributed by atoms with Gasteiger partial charge in [0, 0.05) is 38.1 Å². The third-order valence-electron chi connectivity index (χ3n) is 4.67. The second kappa shape index (κ2) is 13.8. The van der Waals surface area contributed by atoms with E-state index in [0.717, 1.165) is 57.5 Å². The summed E-state index contributed by atoms with van der Waals surface area (Å²) in [6, 6.07) is 14.6. The van der Waals surface area contributed by atoms with Gasteiger partial charge in [-0.2, -0.15) is 0 Å². The average Bonchev–Trinajstić information content (AvgIpc) is 3.28. The van der Waals surface area contributed by atoms with Crippen molar-refractivity contribution in [2.45, 2.75) is 12.5 Å². The summed E-state index contributed by atoms with van der Waals surface area (Å²) in [4.78, 5) is 8.22. The largest absolute Gasteiger partial charge is 0.494 e. The van der Waals surface area contributed by atoms with Crippen molar-refractivity contribution in [3.8, 4) is 5.75 Å². The molecule has 1 fully saturated rings. The van der Waals surface area contributed by atoms with Crippen LogP contribution in [0.3, 0.4) is 0 Å². The molecule has 2 N–H and O–H groups in total. The molecule has 2 aromatic rings. The third-order valence-corrected chi connectivity index (χ3v) is 5.64. The number of rotatable bonds is 9. The Balaban J connectivity index is 0.00000300. The number of halogens is 1. The van der Waals surface area contributed by atoms with E-state index in [9.17, 15) is 0 Å². The van der Waals surface area contributed by atoms with Gasteiger partial charge in [-0.1, -0.05) is 24.3 Å². The van der Waals surface area contributed by atoms with Crippen LogP contribution in [0.1, 0.15) is 17.3 Å². The van der Waals surface area contributed by atoms with Gasteiger partial charge in [0.2, 0.25) is 0 Å². The fourth-order valence-corrected chi connectivity index (χ4v) is 4.04. The zero-order chi connectivity index (χ0) is 19.4. The minimum atomic E-state index is 0. The highest BCUT2D eigenvalue weighted by molar-refractivity contribution is 14.0. The van der Waals surface area contributed by atoms with Gasteiger partial charge in [0.25, 0.3) is 0 Å². The molecular weight excluding hydrogens is 499 g/mol. The highest BCUT2D eigenvalue weighted by atomic mass is 127. The zero-order valence-electron chi connectivity index (χ0n) is 16.9. The van der Waals surface area contributed by atoms with Crippen molar-refractivity contribution in [2.24, 2.45) is 4.99 Å². The molecule has 0 amide bonds. The Kier molecular flexibility index (Phi) is 11.4. The van der Waals surface area contributed by atoms with Gasteiger partial charge in [0.05, 0.1) is 25.9 Å². The SMILES string of the molecule is CN=C(NCCCOc1ccccc1)NCC(c1cccs1)N1CCOCC1.I. The predicted octanol–water partition coefficient (Wildman–Crippen LogP) is 3.37. The molecule has 0 bridgehead atoms. The van der Waals surface area contributed by atoms with E-state index < -0.39 is 0 Å². The lowest BCUT2D eigenvalue weighted by Crippen LogP contribution is -2.46. The molecule has 160 valence electrons. The highest BCUT2D eigenvalue weighted by Crippen LogP contribution is 2.25. The second-order valence-electron chi connectivity index (χ2n) is 6.57. The molecule has 2 heterocycles. The average molecular weight is 530 g/mol. The van der Waals surface area contributed by atoms with Crippen LogP contribution in [0.4, 0.5) is 0 Å². The molecule has 0 spiro atoms. The topological polar surface area (TPSA) is 58.1 Å². The molecule has 1 aromatic heterocycles. The van der Waals surface area contributed by atoms with Crippen molar-refractivity contribution < 1.29 is 9.47 Å². The maximum atomic E-state index is 5.73. The maximum Gasteiger partial charge on any atom is 0.191 e. The normalized spacial score (nSPS) is 16.0. The van der Waals surface area contributed by atoms with Gasteiger partial charge >= 0.3 is 0 Å². The van der Waals surface area contributed by atoms with E-state index in [2.05, 4.69) is 38.0 Å². The summed E-state index contributed by atoms with van der Waals surface area (Å²) in [5, 5.41) is 9.01. The number of para-hydroxylation sites is 1. The molecule has 0 aliphatic carbocycles. The first kappa shape index (κ1) is 23.9. The van der Waals surface area contributed by atoms with Crippen molar-refractivity contribution in [1.82, 2.24) is 15.5 Å². The van der Waals surface area contributed by atoms with E-state index in [1.54, 1.807) is 0 Å². The lowest BCUT2D eigenvalue weighted by molar-refractivity contribution is 0.0177. The van der Waals surface area contributed by atoms with Crippen LogP contribution < -0.4 is 15.4 Å². The third kappa shape index (κ3) is 8.12. The Morgan fingerprint density at radius 3 is 2.66 bits per heavy atom. The van der Waals surface area contributed by atoms with Gasteiger partial charge in [-0.15, -0.1) is 35.3 Å². The minimum absolute atomic E-state index is 0. The van der Waals surface area contributed by atoms with E-state index in [1.165, 1.54) is 4.88 Å². The second-order valence-corrected chi connectivity index (χ2v) is 7.55. The summed E-state index contributed by atoms with van der Waals surface area (Å²) in [6.45, 7) is 5.85. The molecule has 1 unspecified atom stereocenters. The number of nitrogens with zero attached hydrogens (tertiary/aromatic N) is 2. The molecular formula is C21H31IN4O2S. The molecule has 6 nitrogen and oxygen atoms in total. The van der Waals surface area contributed by atoms with Gasteiger partial charge in [-0.05, 0) is 30.0 Å². The lowest BCUT2D eigenvalue weighted by Gasteiger charge is -2.34. The van der Waals surface area contributed by atoms with Crippen molar-refractivity contribution in [1.29, 1.82) is 0 Å². The van der Waals surface area contributed by atoms with Gasteiger partial charge in [0.1, 0.15) is 5.75 Å². The number of aliphatic imine (C=N–C) groups is 1. The number of hydrogen-bond acceptors (Lipinski definition) is 5. The van der Waals surface area contributed by atoms with Gasteiger partial charge in [0.15, 0.2) is 5.96 Å². The first-order chi connectivity index (χ1) is 13.9. The Hall–Kier alpha value is -1.36. The number of thiophene rings is 1. The molecule has 1 atom stereocenters. The molecule has 0 saturated carbocycles. The van der Waals surface area contributed by atoms with Crippen LogP contribution in [0, 0.1) is 0 Å². The van der Waals surface area contributed by atoms with Gasteiger partial charge < -0.3 is 20.1 Å². The molecule has 1 saturated heterocycles. The van der Waals surface area contributed by atoms with E-state index in [4.69, 9.17) is 9.47 Å². The number of benzene rings is 1. The van der Waals surface area contributed by atoms with Crippen LogP contribution in [0.25, 0.3) is 0 Å². The van der Waals surface area contributed by atoms with Gasteiger partial charge in [-0.3, -0.25) is 9.89 Å². The van der Waals surface area contributed by atoms with E-state index in [0.29, 0.717) is 12.6 Å². The first-order valence-electron chi connectivity index (χ1n) is 9.84. The fraction of sp³-hybridized carbons (Fsp3) is 0.476. The van der Waals surface area contributed by atoms with Crippen molar-refractivity contribution in [2.75, 3.05) is 53.0 Å². The molecule has 29 heavy (non-hydrogen) atoms. The maximum absolute atomic E-state index is 5.73. The van der Waals surface area contributed by atoms with Crippen molar-refractivity contribution in [3.05, 3.63) is 52.7 Å². The minimum Gasteiger partial charge on any atom is -0.494 e. The van der Waals surface area contributed by atoms with E-state index in [-0.39, 0.29) is 24.0 Å². The van der Waals surface area contributed by atoms with Crippen LogP contribution >= 0.6 is 35.3 Å².